The van der Waals surface area contributed by atoms with Gasteiger partial charge in [0.15, 0.2) is 0 Å². The summed E-state index contributed by atoms with van der Waals surface area (Å²) in [5, 5.41) is 5.14. The van der Waals surface area contributed by atoms with Crippen molar-refractivity contribution in [1.29, 1.82) is 0 Å². The Hall–Kier alpha value is -2.90. The number of hydrogen-bond donors (Lipinski definition) is 2. The number of anilines is 2. The molecule has 2 N–H and O–H groups in total. The molecule has 1 aliphatic rings. The molecule has 1 heterocycles. The number of benzene rings is 1. The number of amides is 3. The van der Waals surface area contributed by atoms with E-state index < -0.39 is 17.7 Å². The van der Waals surface area contributed by atoms with Crippen LogP contribution in [-0.2, 0) is 23.9 Å². The Bertz CT molecular complexity index is 687. The Morgan fingerprint density at radius 1 is 1.12 bits per heavy atom. The van der Waals surface area contributed by atoms with Crippen molar-refractivity contribution >= 4 is 35.1 Å². The van der Waals surface area contributed by atoms with Crippen molar-refractivity contribution in [2.45, 2.75) is 26.7 Å². The Balaban J connectivity index is 1.93. The van der Waals surface area contributed by atoms with Gasteiger partial charge in [-0.2, -0.15) is 0 Å². The molecular formula is C18H23N3O5. The van der Waals surface area contributed by atoms with E-state index >= 15 is 0 Å². The van der Waals surface area contributed by atoms with Gasteiger partial charge < -0.3 is 20.3 Å². The van der Waals surface area contributed by atoms with Crippen LogP contribution in [0.2, 0.25) is 0 Å². The number of likely N-dealkylation sites (tertiary alicyclic amines) is 1. The fourth-order valence-corrected chi connectivity index (χ4v) is 2.78. The summed E-state index contributed by atoms with van der Waals surface area (Å²) in [5.41, 5.74) is 1.03. The standard InChI is InChI=1S/C18H23N3O5/c1-3-26-18(25)13-5-4-10-21(11-13)17(24)16(23)20-15-8-6-14(7-9-15)19-12(2)22/h6-9,13H,3-5,10-11H2,1-2H3,(H,19,22)(H,20,23). The molecule has 1 unspecified atom stereocenters. The summed E-state index contributed by atoms with van der Waals surface area (Å²) in [6.07, 6.45) is 1.29. The Morgan fingerprint density at radius 3 is 2.31 bits per heavy atom. The first-order valence-electron chi connectivity index (χ1n) is 8.55. The number of rotatable bonds is 4. The van der Waals surface area contributed by atoms with Crippen LogP contribution in [0.5, 0.6) is 0 Å². The predicted octanol–water partition coefficient (Wildman–Crippen LogP) is 1.39. The molecular weight excluding hydrogens is 338 g/mol. The first kappa shape index (κ1) is 19.4. The summed E-state index contributed by atoms with van der Waals surface area (Å²) in [6.45, 7) is 4.04. The zero-order chi connectivity index (χ0) is 19.1. The van der Waals surface area contributed by atoms with Crippen LogP contribution in [0.15, 0.2) is 24.3 Å². The van der Waals surface area contributed by atoms with Gasteiger partial charge in [-0.05, 0) is 44.0 Å². The van der Waals surface area contributed by atoms with Crippen LogP contribution < -0.4 is 10.6 Å². The van der Waals surface area contributed by atoms with Gasteiger partial charge in [-0.3, -0.25) is 19.2 Å². The molecule has 0 radical (unpaired) electrons. The van der Waals surface area contributed by atoms with Crippen molar-refractivity contribution in [2.75, 3.05) is 30.3 Å². The Morgan fingerprint density at radius 2 is 1.73 bits per heavy atom. The van der Waals surface area contributed by atoms with E-state index in [-0.39, 0.29) is 25.0 Å². The van der Waals surface area contributed by atoms with Gasteiger partial charge in [0.25, 0.3) is 0 Å². The second-order valence-electron chi connectivity index (χ2n) is 6.06. The zero-order valence-electron chi connectivity index (χ0n) is 14.9. The average Bonchev–Trinajstić information content (AvgIpc) is 2.62. The lowest BCUT2D eigenvalue weighted by atomic mass is 9.98. The van der Waals surface area contributed by atoms with Gasteiger partial charge in [0.2, 0.25) is 5.91 Å². The molecule has 1 aromatic carbocycles. The molecule has 1 aliphatic heterocycles. The number of carbonyl (C=O) groups is 4. The minimum absolute atomic E-state index is 0.187. The summed E-state index contributed by atoms with van der Waals surface area (Å²) in [4.78, 5) is 48.8. The smallest absolute Gasteiger partial charge is 0.313 e. The van der Waals surface area contributed by atoms with Crippen LogP contribution in [0.1, 0.15) is 26.7 Å². The van der Waals surface area contributed by atoms with E-state index in [2.05, 4.69) is 10.6 Å². The number of hydrogen-bond acceptors (Lipinski definition) is 5. The second kappa shape index (κ2) is 8.98. The lowest BCUT2D eigenvalue weighted by Gasteiger charge is -2.30. The van der Waals surface area contributed by atoms with E-state index in [1.807, 2.05) is 0 Å². The van der Waals surface area contributed by atoms with Crippen LogP contribution in [0, 0.1) is 5.92 Å². The SMILES string of the molecule is CCOC(=O)C1CCCN(C(=O)C(=O)Nc2ccc(NC(C)=O)cc2)C1. The van der Waals surface area contributed by atoms with Gasteiger partial charge in [0.05, 0.1) is 12.5 Å². The first-order valence-corrected chi connectivity index (χ1v) is 8.55. The molecule has 26 heavy (non-hydrogen) atoms. The predicted molar refractivity (Wildman–Crippen MR) is 95.3 cm³/mol. The lowest BCUT2D eigenvalue weighted by Crippen LogP contribution is -2.47. The molecule has 0 aliphatic carbocycles. The molecule has 0 aromatic heterocycles. The maximum absolute atomic E-state index is 12.3. The summed E-state index contributed by atoms with van der Waals surface area (Å²) < 4.78 is 5.00. The van der Waals surface area contributed by atoms with Crippen LogP contribution >= 0.6 is 0 Å². The van der Waals surface area contributed by atoms with Gasteiger partial charge in [0, 0.05) is 31.4 Å². The average molecular weight is 361 g/mol. The largest absolute Gasteiger partial charge is 0.466 e. The minimum atomic E-state index is -0.762. The van der Waals surface area contributed by atoms with E-state index in [0.29, 0.717) is 30.8 Å². The van der Waals surface area contributed by atoms with Gasteiger partial charge in [-0.15, -0.1) is 0 Å². The number of nitrogens with one attached hydrogen (secondary N) is 2. The lowest BCUT2D eigenvalue weighted by molar-refractivity contribution is -0.153. The van der Waals surface area contributed by atoms with Gasteiger partial charge in [0.1, 0.15) is 0 Å². The fourth-order valence-electron chi connectivity index (χ4n) is 2.78. The van der Waals surface area contributed by atoms with Crippen molar-refractivity contribution < 1.29 is 23.9 Å². The monoisotopic (exact) mass is 361 g/mol. The van der Waals surface area contributed by atoms with Crippen molar-refractivity contribution in [3.63, 3.8) is 0 Å². The molecule has 1 fully saturated rings. The Kier molecular flexibility index (Phi) is 6.71. The minimum Gasteiger partial charge on any atom is -0.466 e. The van der Waals surface area contributed by atoms with Crippen LogP contribution in [0.4, 0.5) is 11.4 Å². The molecule has 3 amide bonds. The molecule has 1 aromatic rings. The first-order chi connectivity index (χ1) is 12.4. The maximum atomic E-state index is 12.3. The maximum Gasteiger partial charge on any atom is 0.313 e. The van der Waals surface area contributed by atoms with E-state index in [9.17, 15) is 19.2 Å². The van der Waals surface area contributed by atoms with E-state index in [4.69, 9.17) is 4.74 Å². The van der Waals surface area contributed by atoms with Crippen molar-refractivity contribution in [1.82, 2.24) is 4.90 Å². The normalized spacial score (nSPS) is 16.5. The highest BCUT2D eigenvalue weighted by molar-refractivity contribution is 6.39. The Labute approximate surface area is 151 Å². The molecule has 1 saturated heterocycles. The summed E-state index contributed by atoms with van der Waals surface area (Å²) >= 11 is 0. The van der Waals surface area contributed by atoms with Gasteiger partial charge in [-0.1, -0.05) is 0 Å². The topological polar surface area (TPSA) is 105 Å². The van der Waals surface area contributed by atoms with Gasteiger partial charge >= 0.3 is 17.8 Å². The number of carbonyl (C=O) groups excluding carboxylic acids is 4. The molecule has 8 nitrogen and oxygen atoms in total. The van der Waals surface area contributed by atoms with E-state index in [0.717, 1.165) is 0 Å². The summed E-state index contributed by atoms with van der Waals surface area (Å²) in [7, 11) is 0. The van der Waals surface area contributed by atoms with E-state index in [1.165, 1.54) is 11.8 Å². The van der Waals surface area contributed by atoms with Crippen LogP contribution in [-0.4, -0.2) is 48.3 Å². The number of ether oxygens (including phenoxy) is 1. The summed E-state index contributed by atoms with van der Waals surface area (Å²) in [6, 6.07) is 6.43. The number of piperidine rings is 1. The molecule has 2 rings (SSSR count). The molecule has 0 bridgehead atoms. The highest BCUT2D eigenvalue weighted by Gasteiger charge is 2.31. The second-order valence-corrected chi connectivity index (χ2v) is 6.06. The third-order valence-electron chi connectivity index (χ3n) is 3.99. The van der Waals surface area contributed by atoms with Gasteiger partial charge in [-0.25, -0.2) is 0 Å². The molecule has 0 spiro atoms. The van der Waals surface area contributed by atoms with Crippen LogP contribution in [0.3, 0.4) is 0 Å². The van der Waals surface area contributed by atoms with Crippen molar-refractivity contribution in [3.05, 3.63) is 24.3 Å². The molecule has 140 valence electrons. The van der Waals surface area contributed by atoms with Crippen molar-refractivity contribution in [3.8, 4) is 0 Å². The van der Waals surface area contributed by atoms with E-state index in [1.54, 1.807) is 31.2 Å². The molecule has 1 atom stereocenters. The third kappa shape index (κ3) is 5.30. The van der Waals surface area contributed by atoms with Crippen LogP contribution in [0.25, 0.3) is 0 Å². The number of esters is 1. The molecule has 0 saturated carbocycles. The fraction of sp³-hybridized carbons (Fsp3) is 0.444. The molecule has 8 heteroatoms. The third-order valence-corrected chi connectivity index (χ3v) is 3.99. The quantitative estimate of drug-likeness (QED) is 0.623. The highest BCUT2D eigenvalue weighted by Crippen LogP contribution is 2.19. The highest BCUT2D eigenvalue weighted by atomic mass is 16.5. The number of nitrogens with zero attached hydrogens (tertiary/aromatic N) is 1. The van der Waals surface area contributed by atoms with Crippen molar-refractivity contribution in [2.24, 2.45) is 5.92 Å². The zero-order valence-corrected chi connectivity index (χ0v) is 14.9. The summed E-state index contributed by atoms with van der Waals surface area (Å²) in [5.74, 6) is -2.36.